The average molecular weight is 357 g/mol. The maximum atomic E-state index is 12.1. The molecule has 1 heterocycles. The summed E-state index contributed by atoms with van der Waals surface area (Å²) in [7, 11) is -3.25. The Labute approximate surface area is 146 Å². The largest absolute Gasteiger partial charge is 0.352 e. The summed E-state index contributed by atoms with van der Waals surface area (Å²) in [5.74, 6) is -0.212. The van der Waals surface area contributed by atoms with Gasteiger partial charge < -0.3 is 9.88 Å². The molecule has 3 aromatic rings. The number of hydrogen-bond donors (Lipinski definition) is 1. The minimum atomic E-state index is -3.25. The van der Waals surface area contributed by atoms with Crippen molar-refractivity contribution in [2.24, 2.45) is 0 Å². The number of aryl methyl sites for hydroxylation is 1. The topological polar surface area (TPSA) is 81.1 Å². The molecule has 0 unspecified atom stereocenters. The van der Waals surface area contributed by atoms with E-state index in [0.29, 0.717) is 12.1 Å². The predicted molar refractivity (Wildman–Crippen MR) is 96.2 cm³/mol. The zero-order chi connectivity index (χ0) is 17.9. The summed E-state index contributed by atoms with van der Waals surface area (Å²) >= 11 is 0. The van der Waals surface area contributed by atoms with Gasteiger partial charge >= 0.3 is 0 Å². The molecule has 1 amide bonds. The third kappa shape index (κ3) is 4.06. The van der Waals surface area contributed by atoms with Crippen LogP contribution in [-0.4, -0.2) is 36.7 Å². The molecule has 0 bridgehead atoms. The number of nitrogens with one attached hydrogen (secondary N) is 1. The van der Waals surface area contributed by atoms with Gasteiger partial charge in [-0.05, 0) is 42.8 Å². The van der Waals surface area contributed by atoms with Gasteiger partial charge in [-0.3, -0.25) is 4.79 Å². The van der Waals surface area contributed by atoms with Crippen LogP contribution in [0.2, 0.25) is 0 Å². The Balaban J connectivity index is 1.53. The van der Waals surface area contributed by atoms with E-state index in [1.165, 1.54) is 24.3 Å². The average Bonchev–Trinajstić information content (AvgIpc) is 3.01. The van der Waals surface area contributed by atoms with Crippen molar-refractivity contribution < 1.29 is 13.2 Å². The van der Waals surface area contributed by atoms with Crippen molar-refractivity contribution in [1.29, 1.82) is 0 Å². The molecule has 0 fully saturated rings. The molecule has 3 rings (SSSR count). The molecule has 25 heavy (non-hydrogen) atoms. The monoisotopic (exact) mass is 357 g/mol. The maximum absolute atomic E-state index is 12.1. The van der Waals surface area contributed by atoms with Crippen molar-refractivity contribution in [1.82, 2.24) is 14.9 Å². The quantitative estimate of drug-likeness (QED) is 0.686. The molecule has 1 N–H and O–H groups in total. The Kier molecular flexibility index (Phi) is 4.85. The van der Waals surface area contributed by atoms with E-state index in [9.17, 15) is 13.2 Å². The number of para-hydroxylation sites is 2. The second-order valence-corrected chi connectivity index (χ2v) is 7.85. The molecule has 0 aliphatic heterocycles. The number of nitrogens with zero attached hydrogens (tertiary/aromatic N) is 2. The molecule has 0 radical (unpaired) electrons. The number of amides is 1. The van der Waals surface area contributed by atoms with Gasteiger partial charge in [0.25, 0.3) is 5.91 Å². The number of sulfone groups is 1. The molecule has 0 aliphatic rings. The number of imidazole rings is 1. The summed E-state index contributed by atoms with van der Waals surface area (Å²) in [4.78, 5) is 16.6. The highest BCUT2D eigenvalue weighted by Gasteiger charge is 2.09. The van der Waals surface area contributed by atoms with Crippen molar-refractivity contribution >= 4 is 26.8 Å². The van der Waals surface area contributed by atoms with Crippen LogP contribution in [-0.2, 0) is 16.4 Å². The number of rotatable bonds is 6. The number of aromatic nitrogens is 2. The lowest BCUT2D eigenvalue weighted by Gasteiger charge is -2.07. The molecule has 0 saturated heterocycles. The molecule has 0 saturated carbocycles. The first-order valence-corrected chi connectivity index (χ1v) is 9.82. The molecule has 0 atom stereocenters. The summed E-state index contributed by atoms with van der Waals surface area (Å²) in [5, 5.41) is 2.85. The predicted octanol–water partition coefficient (Wildman–Crippen LogP) is 2.26. The lowest BCUT2D eigenvalue weighted by molar-refractivity contribution is 0.0952. The fourth-order valence-electron chi connectivity index (χ4n) is 2.60. The molecular formula is C18H19N3O3S. The first-order valence-electron chi connectivity index (χ1n) is 7.93. The molecule has 0 aliphatic carbocycles. The Morgan fingerprint density at radius 1 is 1.12 bits per heavy atom. The summed E-state index contributed by atoms with van der Waals surface area (Å²) in [5.41, 5.74) is 2.48. The van der Waals surface area contributed by atoms with Gasteiger partial charge in [-0.25, -0.2) is 13.4 Å². The van der Waals surface area contributed by atoms with E-state index in [4.69, 9.17) is 0 Å². The minimum absolute atomic E-state index is 0.205. The minimum Gasteiger partial charge on any atom is -0.352 e. The van der Waals surface area contributed by atoms with Gasteiger partial charge in [-0.2, -0.15) is 0 Å². The lowest BCUT2D eigenvalue weighted by Crippen LogP contribution is -2.25. The van der Waals surface area contributed by atoms with Gasteiger partial charge in [0, 0.05) is 24.9 Å². The van der Waals surface area contributed by atoms with Gasteiger partial charge in [0.15, 0.2) is 9.84 Å². The van der Waals surface area contributed by atoms with Crippen molar-refractivity contribution in [2.75, 3.05) is 12.8 Å². The second-order valence-electron chi connectivity index (χ2n) is 5.83. The number of carbonyl (C=O) groups is 1. The fourth-order valence-corrected chi connectivity index (χ4v) is 3.23. The summed E-state index contributed by atoms with van der Waals surface area (Å²) < 4.78 is 24.9. The van der Waals surface area contributed by atoms with Crippen LogP contribution in [0.4, 0.5) is 0 Å². The summed E-state index contributed by atoms with van der Waals surface area (Å²) in [6, 6.07) is 13.9. The van der Waals surface area contributed by atoms with E-state index in [1.54, 1.807) is 6.33 Å². The SMILES string of the molecule is CS(=O)(=O)c1ccc(C(=O)NCCCn2cnc3ccccc32)cc1. The van der Waals surface area contributed by atoms with Crippen molar-refractivity contribution in [3.63, 3.8) is 0 Å². The Morgan fingerprint density at radius 2 is 1.84 bits per heavy atom. The van der Waals surface area contributed by atoms with E-state index < -0.39 is 9.84 Å². The molecule has 2 aromatic carbocycles. The number of benzene rings is 2. The van der Waals surface area contributed by atoms with Crippen LogP contribution >= 0.6 is 0 Å². The van der Waals surface area contributed by atoms with Crippen molar-refractivity contribution in [3.8, 4) is 0 Å². The van der Waals surface area contributed by atoms with E-state index in [2.05, 4.69) is 14.9 Å². The smallest absolute Gasteiger partial charge is 0.251 e. The van der Waals surface area contributed by atoms with Crippen LogP contribution in [0.15, 0.2) is 59.8 Å². The third-order valence-electron chi connectivity index (χ3n) is 3.93. The summed E-state index contributed by atoms with van der Waals surface area (Å²) in [6.45, 7) is 1.28. The van der Waals surface area contributed by atoms with Gasteiger partial charge in [0.2, 0.25) is 0 Å². The van der Waals surface area contributed by atoms with Gasteiger partial charge in [0.1, 0.15) is 0 Å². The molecule has 130 valence electrons. The first-order chi connectivity index (χ1) is 11.9. The van der Waals surface area contributed by atoms with E-state index in [-0.39, 0.29) is 10.8 Å². The van der Waals surface area contributed by atoms with Crippen LogP contribution < -0.4 is 5.32 Å². The second kappa shape index (κ2) is 7.06. The van der Waals surface area contributed by atoms with Crippen molar-refractivity contribution in [2.45, 2.75) is 17.9 Å². The van der Waals surface area contributed by atoms with Gasteiger partial charge in [-0.1, -0.05) is 12.1 Å². The first kappa shape index (κ1) is 17.2. The van der Waals surface area contributed by atoms with E-state index >= 15 is 0 Å². The molecule has 7 heteroatoms. The van der Waals surface area contributed by atoms with Crippen molar-refractivity contribution in [3.05, 3.63) is 60.4 Å². The number of hydrogen-bond acceptors (Lipinski definition) is 4. The van der Waals surface area contributed by atoms with Crippen LogP contribution in [0.3, 0.4) is 0 Å². The van der Waals surface area contributed by atoms with Gasteiger partial charge in [-0.15, -0.1) is 0 Å². The molecular weight excluding hydrogens is 338 g/mol. The van der Waals surface area contributed by atoms with Crippen LogP contribution in [0.25, 0.3) is 11.0 Å². The number of fused-ring (bicyclic) bond motifs is 1. The zero-order valence-corrected chi connectivity index (χ0v) is 14.7. The van der Waals surface area contributed by atoms with Crippen LogP contribution in [0.1, 0.15) is 16.8 Å². The van der Waals surface area contributed by atoms with E-state index in [0.717, 1.165) is 30.3 Å². The molecule has 6 nitrogen and oxygen atoms in total. The number of carbonyl (C=O) groups excluding carboxylic acids is 1. The van der Waals surface area contributed by atoms with Gasteiger partial charge in [0.05, 0.1) is 22.3 Å². The Morgan fingerprint density at radius 3 is 2.56 bits per heavy atom. The normalized spacial score (nSPS) is 11.6. The Hall–Kier alpha value is -2.67. The third-order valence-corrected chi connectivity index (χ3v) is 5.06. The highest BCUT2D eigenvalue weighted by molar-refractivity contribution is 7.90. The highest BCUT2D eigenvalue weighted by atomic mass is 32.2. The maximum Gasteiger partial charge on any atom is 0.251 e. The standard InChI is InChI=1S/C18H19N3O3S/c1-25(23,24)15-9-7-14(8-10-15)18(22)19-11-4-12-21-13-20-16-5-2-3-6-17(16)21/h2-3,5-10,13H,4,11-12H2,1H3,(H,19,22). The highest BCUT2D eigenvalue weighted by Crippen LogP contribution is 2.12. The Bertz CT molecular complexity index is 992. The van der Waals surface area contributed by atoms with E-state index in [1.807, 2.05) is 24.3 Å². The molecule has 1 aromatic heterocycles. The van der Waals surface area contributed by atoms with Crippen LogP contribution in [0, 0.1) is 0 Å². The van der Waals surface area contributed by atoms with Crippen LogP contribution in [0.5, 0.6) is 0 Å². The summed E-state index contributed by atoms with van der Waals surface area (Å²) in [6.07, 6.45) is 3.71. The molecule has 0 spiro atoms. The lowest BCUT2D eigenvalue weighted by atomic mass is 10.2. The fraction of sp³-hybridized carbons (Fsp3) is 0.222. The zero-order valence-electron chi connectivity index (χ0n) is 13.8.